The van der Waals surface area contributed by atoms with E-state index in [0.717, 1.165) is 27.5 Å². The molecule has 0 saturated heterocycles. The number of aryl methyl sites for hydroxylation is 1. The van der Waals surface area contributed by atoms with Crippen molar-refractivity contribution in [1.29, 1.82) is 0 Å². The van der Waals surface area contributed by atoms with Crippen LogP contribution < -0.4 is 9.47 Å². The van der Waals surface area contributed by atoms with Crippen molar-refractivity contribution < 1.29 is 9.47 Å². The topological polar surface area (TPSA) is 18.5 Å². The van der Waals surface area contributed by atoms with Gasteiger partial charge in [-0.3, -0.25) is 0 Å². The summed E-state index contributed by atoms with van der Waals surface area (Å²) >= 11 is 5.14. The minimum Gasteiger partial charge on any atom is -0.488 e. The van der Waals surface area contributed by atoms with Gasteiger partial charge in [-0.05, 0) is 76.4 Å². The number of halogens is 1. The van der Waals surface area contributed by atoms with E-state index in [1.807, 2.05) is 42.5 Å². The first-order valence-corrected chi connectivity index (χ1v) is 9.08. The van der Waals surface area contributed by atoms with Gasteiger partial charge in [-0.15, -0.1) is 11.3 Å². The van der Waals surface area contributed by atoms with Crippen molar-refractivity contribution in [3.63, 3.8) is 0 Å². The van der Waals surface area contributed by atoms with Gasteiger partial charge in [-0.25, -0.2) is 0 Å². The summed E-state index contributed by atoms with van der Waals surface area (Å²) in [5.74, 6) is 2.51. The minimum absolute atomic E-state index is 0.578. The molecule has 0 spiro atoms. The van der Waals surface area contributed by atoms with Gasteiger partial charge in [0.2, 0.25) is 0 Å². The second kappa shape index (κ2) is 7.66. The zero-order valence-electron chi connectivity index (χ0n) is 12.8. The van der Waals surface area contributed by atoms with Crippen LogP contribution in [-0.2, 0) is 13.0 Å². The number of thiophene rings is 1. The number of hydrogen-bond acceptors (Lipinski definition) is 3. The fourth-order valence-electron chi connectivity index (χ4n) is 2.15. The van der Waals surface area contributed by atoms with Gasteiger partial charge in [0.15, 0.2) is 0 Å². The Labute approximate surface area is 148 Å². The van der Waals surface area contributed by atoms with Crippen LogP contribution in [0.15, 0.2) is 64.5 Å². The minimum atomic E-state index is 0.578. The van der Waals surface area contributed by atoms with Crippen LogP contribution in [-0.4, -0.2) is 0 Å². The van der Waals surface area contributed by atoms with Crippen molar-refractivity contribution in [2.75, 3.05) is 0 Å². The van der Waals surface area contributed by atoms with Gasteiger partial charge in [0.25, 0.3) is 0 Å². The molecule has 0 atom stereocenters. The lowest BCUT2D eigenvalue weighted by Crippen LogP contribution is -1.92. The van der Waals surface area contributed by atoms with Crippen molar-refractivity contribution in [3.05, 3.63) is 74.9 Å². The fourth-order valence-corrected chi connectivity index (χ4v) is 3.55. The molecule has 2 nitrogen and oxygen atoms in total. The predicted octanol–water partition coefficient (Wildman–Crippen LogP) is 6.44. The van der Waals surface area contributed by atoms with Crippen LogP contribution in [0.4, 0.5) is 0 Å². The molecule has 0 unspecified atom stereocenters. The van der Waals surface area contributed by atoms with E-state index in [2.05, 4.69) is 41.1 Å². The summed E-state index contributed by atoms with van der Waals surface area (Å²) in [6.07, 6.45) is 1.00. The highest BCUT2D eigenvalue weighted by Crippen LogP contribution is 2.26. The van der Waals surface area contributed by atoms with Gasteiger partial charge in [0.05, 0.1) is 3.79 Å². The molecule has 0 saturated carbocycles. The lowest BCUT2D eigenvalue weighted by Gasteiger charge is -2.09. The van der Waals surface area contributed by atoms with Crippen molar-refractivity contribution in [1.82, 2.24) is 0 Å². The molecule has 0 bridgehead atoms. The molecule has 1 aromatic heterocycles. The van der Waals surface area contributed by atoms with Crippen LogP contribution in [0.5, 0.6) is 17.2 Å². The standard InChI is InChI=1S/C19H17BrO2S/c1-2-14-4-3-5-17(12-14)22-16-8-6-15(7-9-16)21-13-18-10-11-19(20)23-18/h3-12H,2,13H2,1H3. The average molecular weight is 389 g/mol. The number of ether oxygens (including phenoxy) is 2. The smallest absolute Gasteiger partial charge is 0.127 e. The van der Waals surface area contributed by atoms with Gasteiger partial charge < -0.3 is 9.47 Å². The molecule has 0 aliphatic heterocycles. The molecule has 0 radical (unpaired) electrons. The van der Waals surface area contributed by atoms with Gasteiger partial charge in [0.1, 0.15) is 23.9 Å². The molecular weight excluding hydrogens is 372 g/mol. The lowest BCUT2D eigenvalue weighted by molar-refractivity contribution is 0.309. The molecular formula is C19H17BrO2S. The first-order valence-electron chi connectivity index (χ1n) is 7.47. The van der Waals surface area contributed by atoms with Crippen LogP contribution in [0.2, 0.25) is 0 Å². The monoisotopic (exact) mass is 388 g/mol. The highest BCUT2D eigenvalue weighted by Gasteiger charge is 2.02. The molecule has 2 aromatic carbocycles. The summed E-state index contributed by atoms with van der Waals surface area (Å²) in [6.45, 7) is 2.71. The Morgan fingerprint density at radius 1 is 0.913 bits per heavy atom. The van der Waals surface area contributed by atoms with Crippen LogP contribution in [0.3, 0.4) is 0 Å². The number of hydrogen-bond donors (Lipinski definition) is 0. The Morgan fingerprint density at radius 3 is 2.39 bits per heavy atom. The van der Waals surface area contributed by atoms with Gasteiger partial charge in [0, 0.05) is 4.88 Å². The lowest BCUT2D eigenvalue weighted by atomic mass is 10.2. The fraction of sp³-hybridized carbons (Fsp3) is 0.158. The highest BCUT2D eigenvalue weighted by atomic mass is 79.9. The molecule has 23 heavy (non-hydrogen) atoms. The summed E-state index contributed by atoms with van der Waals surface area (Å²) in [5.41, 5.74) is 1.27. The Morgan fingerprint density at radius 2 is 1.70 bits per heavy atom. The molecule has 0 aliphatic carbocycles. The van der Waals surface area contributed by atoms with E-state index in [4.69, 9.17) is 9.47 Å². The number of rotatable bonds is 6. The van der Waals surface area contributed by atoms with E-state index in [-0.39, 0.29) is 0 Å². The van der Waals surface area contributed by atoms with E-state index in [1.165, 1.54) is 10.4 Å². The van der Waals surface area contributed by atoms with Crippen LogP contribution >= 0.6 is 27.3 Å². The average Bonchev–Trinajstić information content (AvgIpc) is 3.00. The number of benzene rings is 2. The van der Waals surface area contributed by atoms with Crippen LogP contribution in [0.1, 0.15) is 17.4 Å². The molecule has 3 aromatic rings. The molecule has 1 heterocycles. The van der Waals surface area contributed by atoms with Crippen molar-refractivity contribution in [2.24, 2.45) is 0 Å². The van der Waals surface area contributed by atoms with E-state index < -0.39 is 0 Å². The van der Waals surface area contributed by atoms with E-state index in [9.17, 15) is 0 Å². The normalized spacial score (nSPS) is 10.5. The highest BCUT2D eigenvalue weighted by molar-refractivity contribution is 9.11. The van der Waals surface area contributed by atoms with Crippen molar-refractivity contribution in [3.8, 4) is 17.2 Å². The summed E-state index contributed by atoms with van der Waals surface area (Å²) < 4.78 is 12.8. The first-order chi connectivity index (χ1) is 11.2. The first kappa shape index (κ1) is 16.1. The summed E-state index contributed by atoms with van der Waals surface area (Å²) in [6, 6.07) is 20.0. The molecule has 4 heteroatoms. The third-order valence-electron chi connectivity index (χ3n) is 3.38. The van der Waals surface area contributed by atoms with Crippen molar-refractivity contribution in [2.45, 2.75) is 20.0 Å². The Hall–Kier alpha value is -1.78. The van der Waals surface area contributed by atoms with E-state index in [1.54, 1.807) is 11.3 Å². The molecule has 0 fully saturated rings. The second-order valence-electron chi connectivity index (χ2n) is 5.07. The maximum Gasteiger partial charge on any atom is 0.127 e. The maximum atomic E-state index is 5.88. The maximum absolute atomic E-state index is 5.88. The molecule has 0 amide bonds. The Kier molecular flexibility index (Phi) is 5.36. The van der Waals surface area contributed by atoms with E-state index >= 15 is 0 Å². The largest absolute Gasteiger partial charge is 0.488 e. The molecule has 0 aliphatic rings. The molecule has 0 N–H and O–H groups in total. The SMILES string of the molecule is CCc1cccc(Oc2ccc(OCc3ccc(Br)s3)cc2)c1. The van der Waals surface area contributed by atoms with Gasteiger partial charge in [-0.2, -0.15) is 0 Å². The van der Waals surface area contributed by atoms with E-state index in [0.29, 0.717) is 6.61 Å². The Bertz CT molecular complexity index is 765. The van der Waals surface area contributed by atoms with Gasteiger partial charge in [-0.1, -0.05) is 19.1 Å². The van der Waals surface area contributed by atoms with Gasteiger partial charge >= 0.3 is 0 Å². The van der Waals surface area contributed by atoms with Crippen molar-refractivity contribution >= 4 is 27.3 Å². The predicted molar refractivity (Wildman–Crippen MR) is 98.7 cm³/mol. The summed E-state index contributed by atoms with van der Waals surface area (Å²) in [5, 5.41) is 0. The zero-order valence-corrected chi connectivity index (χ0v) is 15.2. The third kappa shape index (κ3) is 4.60. The quantitative estimate of drug-likeness (QED) is 0.483. The zero-order chi connectivity index (χ0) is 16.1. The summed E-state index contributed by atoms with van der Waals surface area (Å²) in [4.78, 5) is 1.19. The van der Waals surface area contributed by atoms with Crippen LogP contribution in [0, 0.1) is 0 Å². The van der Waals surface area contributed by atoms with Crippen LogP contribution in [0.25, 0.3) is 0 Å². The molecule has 118 valence electrons. The molecule has 3 rings (SSSR count). The third-order valence-corrected chi connectivity index (χ3v) is 4.97. The summed E-state index contributed by atoms with van der Waals surface area (Å²) in [7, 11) is 0. The second-order valence-corrected chi connectivity index (χ2v) is 7.62. The Balaban J connectivity index is 1.60.